The zero-order valence-electron chi connectivity index (χ0n) is 11.9. The first-order chi connectivity index (χ1) is 8.23. The molecule has 0 aromatic heterocycles. The van der Waals surface area contributed by atoms with Crippen molar-refractivity contribution < 1.29 is 8.42 Å². The molecule has 0 radical (unpaired) electrons. The molecule has 1 saturated heterocycles. The zero-order valence-corrected chi connectivity index (χ0v) is 12.7. The molecule has 0 aromatic carbocycles. The van der Waals surface area contributed by atoms with Gasteiger partial charge in [0, 0.05) is 40.8 Å². The van der Waals surface area contributed by atoms with E-state index in [0.29, 0.717) is 13.1 Å². The van der Waals surface area contributed by atoms with Crippen LogP contribution in [-0.4, -0.2) is 82.1 Å². The number of hydrogen-bond donors (Lipinski definition) is 0. The van der Waals surface area contributed by atoms with Crippen molar-refractivity contribution in [3.05, 3.63) is 0 Å². The molecule has 106 valence electrons. The molecule has 0 aromatic rings. The van der Waals surface area contributed by atoms with E-state index < -0.39 is 10.0 Å². The maximum atomic E-state index is 11.6. The molecule has 1 fully saturated rings. The van der Waals surface area contributed by atoms with Crippen LogP contribution in [0.3, 0.4) is 0 Å². The molecule has 1 aliphatic heterocycles. The van der Waals surface area contributed by atoms with E-state index in [-0.39, 0.29) is 6.04 Å². The minimum atomic E-state index is -3.10. The molecule has 0 amide bonds. The summed E-state index contributed by atoms with van der Waals surface area (Å²) in [5.41, 5.74) is 0. The smallest absolute Gasteiger partial charge is 0.211 e. The molecular weight excluding hydrogens is 252 g/mol. The molecule has 0 unspecified atom stereocenters. The lowest BCUT2D eigenvalue weighted by molar-refractivity contribution is 0.392. The molecule has 0 N–H and O–H groups in total. The van der Waals surface area contributed by atoms with Crippen molar-refractivity contribution >= 4 is 16.0 Å². The Balaban J connectivity index is 2.75. The summed E-state index contributed by atoms with van der Waals surface area (Å²) in [7, 11) is 4.63. The maximum Gasteiger partial charge on any atom is 0.211 e. The molecule has 1 heterocycles. The fraction of sp³-hybridized carbons (Fsp3) is 0.909. The van der Waals surface area contributed by atoms with E-state index >= 15 is 0 Å². The molecule has 18 heavy (non-hydrogen) atoms. The third kappa shape index (κ3) is 3.84. The van der Waals surface area contributed by atoms with Crippen LogP contribution >= 0.6 is 0 Å². The van der Waals surface area contributed by atoms with Crippen molar-refractivity contribution in [2.75, 3.05) is 47.5 Å². The Morgan fingerprint density at radius 2 is 1.83 bits per heavy atom. The monoisotopic (exact) mass is 276 g/mol. The predicted molar refractivity (Wildman–Crippen MR) is 74.2 cm³/mol. The summed E-state index contributed by atoms with van der Waals surface area (Å²) in [4.78, 5) is 8.39. The van der Waals surface area contributed by atoms with Crippen molar-refractivity contribution in [2.45, 2.75) is 18.9 Å². The highest BCUT2D eigenvalue weighted by atomic mass is 32.2. The normalized spacial score (nSPS) is 20.8. The van der Waals surface area contributed by atoms with Gasteiger partial charge >= 0.3 is 0 Å². The molecule has 1 atom stereocenters. The van der Waals surface area contributed by atoms with E-state index in [9.17, 15) is 8.42 Å². The van der Waals surface area contributed by atoms with E-state index in [0.717, 1.165) is 18.8 Å². The first-order valence-corrected chi connectivity index (χ1v) is 7.94. The molecule has 7 heteroatoms. The molecular formula is C11H24N4O2S. The molecule has 0 saturated carbocycles. The van der Waals surface area contributed by atoms with Gasteiger partial charge < -0.3 is 9.80 Å². The van der Waals surface area contributed by atoms with E-state index in [2.05, 4.69) is 4.99 Å². The van der Waals surface area contributed by atoms with Crippen LogP contribution in [-0.2, 0) is 10.0 Å². The van der Waals surface area contributed by atoms with Gasteiger partial charge in [-0.2, -0.15) is 4.31 Å². The van der Waals surface area contributed by atoms with E-state index in [1.807, 2.05) is 38.0 Å². The topological polar surface area (TPSA) is 56.2 Å². The SMILES string of the molecule is CN(C)C(=NC[C@H]1CCCN1S(C)(=O)=O)N(C)C. The van der Waals surface area contributed by atoms with Crippen molar-refractivity contribution in [2.24, 2.45) is 4.99 Å². The summed E-state index contributed by atoms with van der Waals surface area (Å²) < 4.78 is 24.8. The third-order valence-electron chi connectivity index (χ3n) is 2.99. The van der Waals surface area contributed by atoms with Crippen LogP contribution in [0.15, 0.2) is 4.99 Å². The van der Waals surface area contributed by atoms with Crippen LogP contribution in [0.5, 0.6) is 0 Å². The summed E-state index contributed by atoms with van der Waals surface area (Å²) in [5, 5.41) is 0. The second-order valence-electron chi connectivity index (χ2n) is 5.10. The molecule has 1 rings (SSSR count). The molecule has 1 aliphatic rings. The number of hydrogen-bond acceptors (Lipinski definition) is 3. The van der Waals surface area contributed by atoms with E-state index in [1.165, 1.54) is 6.26 Å². The third-order valence-corrected chi connectivity index (χ3v) is 4.33. The predicted octanol–water partition coefficient (Wildman–Crippen LogP) is -0.110. The highest BCUT2D eigenvalue weighted by molar-refractivity contribution is 7.88. The van der Waals surface area contributed by atoms with Crippen LogP contribution in [0, 0.1) is 0 Å². The summed E-state index contributed by atoms with van der Waals surface area (Å²) in [6.07, 6.45) is 3.09. The van der Waals surface area contributed by atoms with Gasteiger partial charge in [0.25, 0.3) is 0 Å². The van der Waals surface area contributed by atoms with Crippen molar-refractivity contribution in [3.63, 3.8) is 0 Å². The minimum absolute atomic E-state index is 0.00917. The van der Waals surface area contributed by atoms with Gasteiger partial charge in [0.1, 0.15) is 0 Å². The van der Waals surface area contributed by atoms with Gasteiger partial charge in [0.2, 0.25) is 10.0 Å². The Labute approximate surface area is 110 Å². The second kappa shape index (κ2) is 5.88. The summed E-state index contributed by atoms with van der Waals surface area (Å²) in [6.45, 7) is 1.15. The van der Waals surface area contributed by atoms with Crippen molar-refractivity contribution in [1.82, 2.24) is 14.1 Å². The lowest BCUT2D eigenvalue weighted by Gasteiger charge is -2.25. The van der Waals surface area contributed by atoms with Crippen LogP contribution < -0.4 is 0 Å². The lowest BCUT2D eigenvalue weighted by atomic mass is 10.2. The second-order valence-corrected chi connectivity index (χ2v) is 7.03. The zero-order chi connectivity index (χ0) is 13.9. The quantitative estimate of drug-likeness (QED) is 0.533. The summed E-state index contributed by atoms with van der Waals surface area (Å²) >= 11 is 0. The van der Waals surface area contributed by atoms with Crippen LogP contribution in [0.1, 0.15) is 12.8 Å². The average molecular weight is 276 g/mol. The summed E-state index contributed by atoms with van der Waals surface area (Å²) in [6, 6.07) is 0.00917. The molecule has 0 bridgehead atoms. The fourth-order valence-electron chi connectivity index (χ4n) is 2.30. The van der Waals surface area contributed by atoms with Crippen LogP contribution in [0.25, 0.3) is 0 Å². The molecule has 0 spiro atoms. The Bertz CT molecular complexity index is 393. The number of rotatable bonds is 3. The molecule has 0 aliphatic carbocycles. The number of guanidine groups is 1. The summed E-state index contributed by atoms with van der Waals surface area (Å²) in [5.74, 6) is 0.857. The van der Waals surface area contributed by atoms with Gasteiger partial charge in [0.15, 0.2) is 5.96 Å². The van der Waals surface area contributed by atoms with Crippen LogP contribution in [0.2, 0.25) is 0 Å². The van der Waals surface area contributed by atoms with Gasteiger partial charge in [-0.1, -0.05) is 0 Å². The number of nitrogens with zero attached hydrogens (tertiary/aromatic N) is 4. The van der Waals surface area contributed by atoms with Crippen molar-refractivity contribution in [1.29, 1.82) is 0 Å². The van der Waals surface area contributed by atoms with Crippen LogP contribution in [0.4, 0.5) is 0 Å². The maximum absolute atomic E-state index is 11.6. The number of aliphatic imine (C=N–C) groups is 1. The van der Waals surface area contributed by atoms with Gasteiger partial charge in [-0.15, -0.1) is 0 Å². The largest absolute Gasteiger partial charge is 0.349 e. The van der Waals surface area contributed by atoms with E-state index in [4.69, 9.17) is 0 Å². The minimum Gasteiger partial charge on any atom is -0.349 e. The van der Waals surface area contributed by atoms with Gasteiger partial charge in [-0.25, -0.2) is 8.42 Å². The first-order valence-electron chi connectivity index (χ1n) is 6.09. The van der Waals surface area contributed by atoms with Gasteiger partial charge in [0.05, 0.1) is 12.8 Å². The average Bonchev–Trinajstić information content (AvgIpc) is 2.64. The lowest BCUT2D eigenvalue weighted by Crippen LogP contribution is -2.39. The number of sulfonamides is 1. The Hall–Kier alpha value is -0.820. The Kier molecular flexibility index (Phi) is 4.98. The van der Waals surface area contributed by atoms with Crippen molar-refractivity contribution in [3.8, 4) is 0 Å². The van der Waals surface area contributed by atoms with E-state index in [1.54, 1.807) is 4.31 Å². The Morgan fingerprint density at radius 3 is 2.28 bits per heavy atom. The standard InChI is InChI=1S/C11H24N4O2S/c1-13(2)11(14(3)4)12-9-10-7-6-8-15(10)18(5,16)17/h10H,6-9H2,1-5H3/t10-/m1/s1. The van der Waals surface area contributed by atoms with Gasteiger partial charge in [-0.05, 0) is 12.8 Å². The van der Waals surface area contributed by atoms with Gasteiger partial charge in [-0.3, -0.25) is 4.99 Å². The highest BCUT2D eigenvalue weighted by Crippen LogP contribution is 2.20. The highest BCUT2D eigenvalue weighted by Gasteiger charge is 2.31. The molecule has 6 nitrogen and oxygen atoms in total. The first kappa shape index (κ1) is 15.2. The Morgan fingerprint density at radius 1 is 1.28 bits per heavy atom. The fourth-order valence-corrected chi connectivity index (χ4v) is 3.47.